The third kappa shape index (κ3) is 4.95. The number of anilines is 1. The maximum Gasteiger partial charge on any atom is 0.416 e. The van der Waals surface area contributed by atoms with Crippen LogP contribution in [0.1, 0.15) is 11.1 Å². The van der Waals surface area contributed by atoms with E-state index in [1.807, 2.05) is 30.0 Å². The molecule has 0 aliphatic carbocycles. The second kappa shape index (κ2) is 7.82. The molecule has 1 aromatic heterocycles. The highest BCUT2D eigenvalue weighted by atomic mass is 32.1. The van der Waals surface area contributed by atoms with Gasteiger partial charge in [0.2, 0.25) is 0 Å². The van der Waals surface area contributed by atoms with Crippen molar-refractivity contribution in [2.24, 2.45) is 0 Å². The second-order valence-corrected chi connectivity index (χ2v) is 7.54. The first-order valence-corrected chi connectivity index (χ1v) is 9.16. The molecule has 0 spiro atoms. The first-order valence-electron chi connectivity index (χ1n) is 8.34. The summed E-state index contributed by atoms with van der Waals surface area (Å²) in [6.07, 6.45) is -4.38. The fourth-order valence-electron chi connectivity index (χ4n) is 2.64. The number of fused-ring (bicyclic) bond motifs is 1. The van der Waals surface area contributed by atoms with E-state index in [0.29, 0.717) is 28.4 Å². The van der Waals surface area contributed by atoms with Gasteiger partial charge in [0, 0.05) is 19.6 Å². The van der Waals surface area contributed by atoms with Gasteiger partial charge >= 0.3 is 6.18 Å². The van der Waals surface area contributed by atoms with E-state index in [4.69, 9.17) is 0 Å². The number of rotatable bonds is 6. The molecule has 0 unspecified atom stereocenters. The lowest BCUT2D eigenvalue weighted by atomic mass is 10.2. The number of hydrogen-bond acceptors (Lipinski definition) is 4. The molecule has 8 heteroatoms. The van der Waals surface area contributed by atoms with E-state index < -0.39 is 11.7 Å². The van der Waals surface area contributed by atoms with Crippen LogP contribution in [-0.4, -0.2) is 37.1 Å². The average Bonchev–Trinajstić information content (AvgIpc) is 3.00. The van der Waals surface area contributed by atoms with Crippen LogP contribution in [0.2, 0.25) is 0 Å². The fraction of sp³-hybridized carbons (Fsp3) is 0.316. The van der Waals surface area contributed by atoms with Crippen LogP contribution in [0.25, 0.3) is 10.2 Å². The quantitative estimate of drug-likeness (QED) is 0.545. The van der Waals surface area contributed by atoms with E-state index in [9.17, 15) is 17.6 Å². The highest BCUT2D eigenvalue weighted by Crippen LogP contribution is 2.35. The second-order valence-electron chi connectivity index (χ2n) is 6.53. The molecule has 0 saturated carbocycles. The van der Waals surface area contributed by atoms with Gasteiger partial charge in [-0.25, -0.2) is 9.37 Å². The summed E-state index contributed by atoms with van der Waals surface area (Å²) in [5.74, 6) is -0.320. The summed E-state index contributed by atoms with van der Waals surface area (Å²) < 4.78 is 52.8. The van der Waals surface area contributed by atoms with Crippen molar-refractivity contribution >= 4 is 26.7 Å². The van der Waals surface area contributed by atoms with Gasteiger partial charge in [-0.15, -0.1) is 0 Å². The lowest BCUT2D eigenvalue weighted by molar-refractivity contribution is -0.137. The Kier molecular flexibility index (Phi) is 5.67. The van der Waals surface area contributed by atoms with Crippen LogP contribution in [0.15, 0.2) is 42.5 Å². The van der Waals surface area contributed by atoms with Crippen molar-refractivity contribution < 1.29 is 17.6 Å². The molecule has 3 nitrogen and oxygen atoms in total. The number of likely N-dealkylation sites (N-methyl/N-ethyl adjacent to an activating group) is 1. The third-order valence-corrected chi connectivity index (χ3v) is 5.13. The van der Waals surface area contributed by atoms with Crippen LogP contribution in [0.4, 0.5) is 22.7 Å². The highest BCUT2D eigenvalue weighted by molar-refractivity contribution is 7.22. The van der Waals surface area contributed by atoms with E-state index >= 15 is 0 Å². The van der Waals surface area contributed by atoms with Crippen LogP contribution in [0, 0.1) is 5.82 Å². The predicted molar refractivity (Wildman–Crippen MR) is 101 cm³/mol. The Balaban J connectivity index is 1.92. The highest BCUT2D eigenvalue weighted by Gasteiger charge is 2.31. The summed E-state index contributed by atoms with van der Waals surface area (Å²) >= 11 is 1.21. The Bertz CT molecular complexity index is 921. The maximum absolute atomic E-state index is 13.5. The van der Waals surface area contributed by atoms with Gasteiger partial charge in [0.05, 0.1) is 15.8 Å². The van der Waals surface area contributed by atoms with Gasteiger partial charge in [-0.2, -0.15) is 13.2 Å². The Morgan fingerprint density at radius 3 is 2.48 bits per heavy atom. The van der Waals surface area contributed by atoms with Crippen molar-refractivity contribution in [3.05, 3.63) is 59.4 Å². The minimum absolute atomic E-state index is 0.320. The predicted octanol–water partition coefficient (Wildman–Crippen LogP) is 5.02. The average molecular weight is 397 g/mol. The van der Waals surface area contributed by atoms with Crippen LogP contribution in [0.5, 0.6) is 0 Å². The molecular weight excluding hydrogens is 378 g/mol. The first-order chi connectivity index (χ1) is 12.7. The van der Waals surface area contributed by atoms with Gasteiger partial charge in [0.15, 0.2) is 5.13 Å². The van der Waals surface area contributed by atoms with Gasteiger partial charge in [0.1, 0.15) is 5.82 Å². The van der Waals surface area contributed by atoms with Gasteiger partial charge in [0.25, 0.3) is 0 Å². The molecule has 3 rings (SSSR count). The van der Waals surface area contributed by atoms with Crippen LogP contribution in [0.3, 0.4) is 0 Å². The SMILES string of the molecule is CN(C)CCN(Cc1cccc(F)c1)c1nc2ccc(C(F)(F)F)cc2s1. The van der Waals surface area contributed by atoms with Gasteiger partial charge in [-0.1, -0.05) is 23.5 Å². The molecule has 0 fully saturated rings. The number of aromatic nitrogens is 1. The summed E-state index contributed by atoms with van der Waals surface area (Å²) in [7, 11) is 3.88. The van der Waals surface area contributed by atoms with Crippen molar-refractivity contribution in [3.8, 4) is 0 Å². The summed E-state index contributed by atoms with van der Waals surface area (Å²) in [4.78, 5) is 8.47. The summed E-state index contributed by atoms with van der Waals surface area (Å²) in [5, 5.41) is 0.621. The summed E-state index contributed by atoms with van der Waals surface area (Å²) in [5.41, 5.74) is 0.622. The molecule has 3 aromatic rings. The zero-order valence-corrected chi connectivity index (χ0v) is 15.7. The standard InChI is InChI=1S/C19H19F4N3S/c1-25(2)8-9-26(12-13-4-3-5-15(20)10-13)18-24-16-7-6-14(19(21,22)23)11-17(16)27-18/h3-7,10-11H,8-9,12H2,1-2H3. The minimum atomic E-state index is -4.38. The Labute approximate surface area is 158 Å². The molecule has 1 heterocycles. The van der Waals surface area contributed by atoms with Gasteiger partial charge in [-0.3, -0.25) is 0 Å². The van der Waals surface area contributed by atoms with Crippen molar-refractivity contribution in [1.29, 1.82) is 0 Å². The van der Waals surface area contributed by atoms with Gasteiger partial charge < -0.3 is 9.80 Å². The lowest BCUT2D eigenvalue weighted by Gasteiger charge is -2.23. The third-order valence-electron chi connectivity index (χ3n) is 4.05. The first kappa shape index (κ1) is 19.6. The molecule has 0 radical (unpaired) electrons. The Morgan fingerprint density at radius 2 is 1.81 bits per heavy atom. The lowest BCUT2D eigenvalue weighted by Crippen LogP contribution is -2.31. The number of hydrogen-bond donors (Lipinski definition) is 0. The minimum Gasteiger partial charge on any atom is -0.342 e. The van der Waals surface area contributed by atoms with E-state index in [1.165, 1.54) is 29.5 Å². The van der Waals surface area contributed by atoms with E-state index in [1.54, 1.807) is 6.07 Å². The summed E-state index contributed by atoms with van der Waals surface area (Å²) in [6.45, 7) is 1.78. The van der Waals surface area contributed by atoms with E-state index in [2.05, 4.69) is 4.98 Å². The Hall–Kier alpha value is -2.19. The van der Waals surface area contributed by atoms with E-state index in [0.717, 1.165) is 24.2 Å². The molecule has 0 N–H and O–H groups in total. The smallest absolute Gasteiger partial charge is 0.342 e. The molecule has 0 saturated heterocycles. The maximum atomic E-state index is 13.5. The molecule has 27 heavy (non-hydrogen) atoms. The van der Waals surface area contributed by atoms with E-state index in [-0.39, 0.29) is 5.82 Å². The topological polar surface area (TPSA) is 19.4 Å². The van der Waals surface area contributed by atoms with Crippen LogP contribution in [-0.2, 0) is 12.7 Å². The largest absolute Gasteiger partial charge is 0.416 e. The fourth-order valence-corrected chi connectivity index (χ4v) is 3.67. The monoisotopic (exact) mass is 397 g/mol. The molecule has 0 aliphatic rings. The van der Waals surface area contributed by atoms with Crippen molar-refractivity contribution in [2.45, 2.75) is 12.7 Å². The molecule has 144 valence electrons. The zero-order chi connectivity index (χ0) is 19.6. The number of benzene rings is 2. The molecule has 0 bridgehead atoms. The number of thiazole rings is 1. The van der Waals surface area contributed by atoms with Crippen LogP contribution >= 0.6 is 11.3 Å². The van der Waals surface area contributed by atoms with Crippen molar-refractivity contribution in [3.63, 3.8) is 0 Å². The van der Waals surface area contributed by atoms with Gasteiger partial charge in [-0.05, 0) is 50.0 Å². The molecule has 0 aliphatic heterocycles. The van der Waals surface area contributed by atoms with Crippen molar-refractivity contribution in [2.75, 3.05) is 32.1 Å². The Morgan fingerprint density at radius 1 is 1.04 bits per heavy atom. The molecular formula is C19H19F4N3S. The zero-order valence-electron chi connectivity index (χ0n) is 14.9. The molecule has 2 aromatic carbocycles. The number of alkyl halides is 3. The molecule has 0 amide bonds. The molecule has 0 atom stereocenters. The summed E-state index contributed by atoms with van der Waals surface area (Å²) in [6, 6.07) is 9.86. The van der Waals surface area contributed by atoms with Crippen LogP contribution < -0.4 is 4.90 Å². The number of halogens is 4. The number of nitrogens with zero attached hydrogens (tertiary/aromatic N) is 3. The van der Waals surface area contributed by atoms with Crippen molar-refractivity contribution in [1.82, 2.24) is 9.88 Å². The normalized spacial score (nSPS) is 12.1.